The zero-order valence-electron chi connectivity index (χ0n) is 10.4. The van der Waals surface area contributed by atoms with Gasteiger partial charge in [0.25, 0.3) is 0 Å². The van der Waals surface area contributed by atoms with Crippen molar-refractivity contribution in [1.82, 2.24) is 0 Å². The fraction of sp³-hybridized carbons (Fsp3) is 0.769. The van der Waals surface area contributed by atoms with Crippen LogP contribution in [-0.2, 0) is 14.3 Å². The molecule has 0 aromatic heterocycles. The largest absolute Gasteiger partial charge is 0.469 e. The predicted octanol–water partition coefficient (Wildman–Crippen LogP) is 1.69. The molecule has 0 spiro atoms. The molecule has 3 atom stereocenters. The number of carbonyl (C=O) groups excluding carboxylic acids is 2. The zero-order chi connectivity index (χ0) is 12.8. The fourth-order valence-electron chi connectivity index (χ4n) is 3.76. The van der Waals surface area contributed by atoms with Crippen LogP contribution in [0.2, 0.25) is 0 Å². The molecule has 0 unspecified atom stereocenters. The molecular weight excluding hydrogens is 218 g/mol. The number of Topliss-reactive ketones (excluding diaryl/α,β-unsaturated/α-hetero) is 1. The van der Waals surface area contributed by atoms with Gasteiger partial charge in [0, 0.05) is 11.8 Å². The Morgan fingerprint density at radius 2 is 2.12 bits per heavy atom. The first-order valence-corrected chi connectivity index (χ1v) is 5.92. The molecular formula is C13H17NO3. The summed E-state index contributed by atoms with van der Waals surface area (Å²) in [5.74, 6) is -0.747. The Hall–Kier alpha value is -1.37. The van der Waals surface area contributed by atoms with Gasteiger partial charge in [0.1, 0.15) is 5.78 Å². The maximum Gasteiger partial charge on any atom is 0.313 e. The Kier molecular flexibility index (Phi) is 2.53. The van der Waals surface area contributed by atoms with E-state index in [1.807, 2.05) is 13.8 Å². The molecule has 0 aromatic carbocycles. The fourth-order valence-corrected chi connectivity index (χ4v) is 3.76. The van der Waals surface area contributed by atoms with E-state index in [-0.39, 0.29) is 30.0 Å². The zero-order valence-corrected chi connectivity index (χ0v) is 10.4. The highest BCUT2D eigenvalue weighted by molar-refractivity contribution is 5.96. The monoisotopic (exact) mass is 235 g/mol. The number of esters is 1. The maximum absolute atomic E-state index is 12.1. The Balaban J connectivity index is 2.53. The SMILES string of the molecule is COC(=O)[C@]12CC(=O)C(C)(C)[C@H]1CC[C@@H]2C#N. The van der Waals surface area contributed by atoms with Crippen molar-refractivity contribution >= 4 is 11.8 Å². The van der Waals surface area contributed by atoms with Gasteiger partial charge < -0.3 is 4.74 Å². The van der Waals surface area contributed by atoms with Gasteiger partial charge in [0.05, 0.1) is 24.5 Å². The number of nitrogens with zero attached hydrogens (tertiary/aromatic N) is 1. The van der Waals surface area contributed by atoms with E-state index in [2.05, 4.69) is 6.07 Å². The highest BCUT2D eigenvalue weighted by Crippen LogP contribution is 2.63. The lowest BCUT2D eigenvalue weighted by Crippen LogP contribution is -2.40. The highest BCUT2D eigenvalue weighted by Gasteiger charge is 2.68. The van der Waals surface area contributed by atoms with E-state index in [0.29, 0.717) is 6.42 Å². The molecule has 0 saturated heterocycles. The van der Waals surface area contributed by atoms with E-state index < -0.39 is 10.8 Å². The number of hydrogen-bond acceptors (Lipinski definition) is 4. The number of nitriles is 1. The highest BCUT2D eigenvalue weighted by atomic mass is 16.5. The summed E-state index contributed by atoms with van der Waals surface area (Å²) >= 11 is 0. The van der Waals surface area contributed by atoms with E-state index in [1.54, 1.807) is 0 Å². The van der Waals surface area contributed by atoms with Crippen LogP contribution in [-0.4, -0.2) is 18.9 Å². The average Bonchev–Trinajstić information content (AvgIpc) is 2.75. The number of methoxy groups -OCH3 is 1. The second kappa shape index (κ2) is 3.56. The van der Waals surface area contributed by atoms with Crippen molar-refractivity contribution in [2.45, 2.75) is 33.1 Å². The number of carbonyl (C=O) groups is 2. The van der Waals surface area contributed by atoms with E-state index in [1.165, 1.54) is 7.11 Å². The second-order valence-corrected chi connectivity index (χ2v) is 5.67. The van der Waals surface area contributed by atoms with Gasteiger partial charge >= 0.3 is 5.97 Å². The molecule has 2 fully saturated rings. The van der Waals surface area contributed by atoms with Gasteiger partial charge in [-0.3, -0.25) is 9.59 Å². The lowest BCUT2D eigenvalue weighted by Gasteiger charge is -2.32. The summed E-state index contributed by atoms with van der Waals surface area (Å²) in [4.78, 5) is 24.2. The van der Waals surface area contributed by atoms with Crippen LogP contribution in [0.5, 0.6) is 0 Å². The van der Waals surface area contributed by atoms with E-state index in [4.69, 9.17) is 4.74 Å². The minimum atomic E-state index is -0.885. The van der Waals surface area contributed by atoms with Crippen LogP contribution < -0.4 is 0 Å². The van der Waals surface area contributed by atoms with Crippen LogP contribution in [0.25, 0.3) is 0 Å². The van der Waals surface area contributed by atoms with Crippen molar-refractivity contribution < 1.29 is 14.3 Å². The van der Waals surface area contributed by atoms with E-state index in [9.17, 15) is 14.9 Å². The minimum Gasteiger partial charge on any atom is -0.469 e. The van der Waals surface area contributed by atoms with Crippen molar-refractivity contribution in [2.24, 2.45) is 22.7 Å². The van der Waals surface area contributed by atoms with Crippen LogP contribution in [0.3, 0.4) is 0 Å². The summed E-state index contributed by atoms with van der Waals surface area (Å²) in [6, 6.07) is 2.20. The molecule has 0 amide bonds. The topological polar surface area (TPSA) is 67.2 Å². The van der Waals surface area contributed by atoms with Crippen LogP contribution in [0.4, 0.5) is 0 Å². The summed E-state index contributed by atoms with van der Waals surface area (Å²) in [5.41, 5.74) is -1.40. The standard InChI is InChI=1S/C13H17NO3/c1-12(2)9-5-4-8(7-14)13(9,6-10(12)15)11(16)17-3/h8-9H,4-6H2,1-3H3/t8-,9-,13+/m1/s1. The molecule has 0 N–H and O–H groups in total. The Bertz CT molecular complexity index is 421. The van der Waals surface area contributed by atoms with Crippen LogP contribution in [0.15, 0.2) is 0 Å². The molecule has 0 radical (unpaired) electrons. The van der Waals surface area contributed by atoms with Crippen LogP contribution in [0.1, 0.15) is 33.1 Å². The van der Waals surface area contributed by atoms with Crippen LogP contribution >= 0.6 is 0 Å². The van der Waals surface area contributed by atoms with E-state index in [0.717, 1.165) is 6.42 Å². The lowest BCUT2D eigenvalue weighted by molar-refractivity contribution is -0.157. The first-order chi connectivity index (χ1) is 7.91. The molecule has 2 aliphatic carbocycles. The molecule has 17 heavy (non-hydrogen) atoms. The maximum atomic E-state index is 12.1. The van der Waals surface area contributed by atoms with Gasteiger partial charge in [0.15, 0.2) is 0 Å². The van der Waals surface area contributed by atoms with Crippen LogP contribution in [0, 0.1) is 34.0 Å². The van der Waals surface area contributed by atoms with Gasteiger partial charge in [-0.2, -0.15) is 5.26 Å². The number of hydrogen-bond donors (Lipinski definition) is 0. The molecule has 2 rings (SSSR count). The third kappa shape index (κ3) is 1.28. The van der Waals surface area contributed by atoms with Gasteiger partial charge in [-0.05, 0) is 18.8 Å². The third-order valence-corrected chi connectivity index (χ3v) is 4.75. The number of ketones is 1. The van der Waals surface area contributed by atoms with Crippen molar-refractivity contribution in [3.05, 3.63) is 0 Å². The molecule has 2 saturated carbocycles. The molecule has 0 bridgehead atoms. The quantitative estimate of drug-likeness (QED) is 0.649. The molecule has 4 heteroatoms. The third-order valence-electron chi connectivity index (χ3n) is 4.75. The molecule has 0 heterocycles. The normalized spacial score (nSPS) is 38.6. The van der Waals surface area contributed by atoms with Crippen molar-refractivity contribution in [3.63, 3.8) is 0 Å². The summed E-state index contributed by atoms with van der Waals surface area (Å²) in [6.45, 7) is 3.76. The number of fused-ring (bicyclic) bond motifs is 1. The van der Waals surface area contributed by atoms with E-state index >= 15 is 0 Å². The van der Waals surface area contributed by atoms with Gasteiger partial charge in [0.2, 0.25) is 0 Å². The van der Waals surface area contributed by atoms with Gasteiger partial charge in [-0.25, -0.2) is 0 Å². The first kappa shape index (κ1) is 12.1. The second-order valence-electron chi connectivity index (χ2n) is 5.67. The smallest absolute Gasteiger partial charge is 0.313 e. The molecule has 0 aromatic rings. The molecule has 92 valence electrons. The van der Waals surface area contributed by atoms with Gasteiger partial charge in [-0.1, -0.05) is 13.8 Å². The number of ether oxygens (including phenoxy) is 1. The Labute approximate surface area is 101 Å². The van der Waals surface area contributed by atoms with Crippen molar-refractivity contribution in [1.29, 1.82) is 5.26 Å². The summed E-state index contributed by atoms with van der Waals surface area (Å²) < 4.78 is 4.87. The lowest BCUT2D eigenvalue weighted by atomic mass is 9.69. The minimum absolute atomic E-state index is 0.0559. The Morgan fingerprint density at radius 1 is 1.47 bits per heavy atom. The molecule has 0 aliphatic heterocycles. The summed E-state index contributed by atoms with van der Waals surface area (Å²) in [5, 5.41) is 9.21. The molecule has 4 nitrogen and oxygen atoms in total. The summed E-state index contributed by atoms with van der Waals surface area (Å²) in [7, 11) is 1.33. The van der Waals surface area contributed by atoms with Crippen molar-refractivity contribution in [2.75, 3.05) is 7.11 Å². The number of rotatable bonds is 1. The first-order valence-electron chi connectivity index (χ1n) is 5.92. The van der Waals surface area contributed by atoms with Gasteiger partial charge in [-0.15, -0.1) is 0 Å². The Morgan fingerprint density at radius 3 is 2.65 bits per heavy atom. The average molecular weight is 235 g/mol. The van der Waals surface area contributed by atoms with Crippen molar-refractivity contribution in [3.8, 4) is 6.07 Å². The molecule has 2 aliphatic rings. The summed E-state index contributed by atoms with van der Waals surface area (Å²) in [6.07, 6.45) is 1.61. The predicted molar refractivity (Wildman–Crippen MR) is 59.7 cm³/mol.